The topological polar surface area (TPSA) is 527 Å². The highest BCUT2D eigenvalue weighted by atomic mass is 16.8. The molecule has 24 atom stereocenters. The van der Waals surface area contributed by atoms with Gasteiger partial charge in [-0.05, 0) is 83.4 Å². The largest absolute Gasteiger partial charge is 0.508 e. The predicted octanol–water partition coefficient (Wildman–Crippen LogP) is -3.92. The summed E-state index contributed by atoms with van der Waals surface area (Å²) in [5, 5.41) is 163. The van der Waals surface area contributed by atoms with Crippen LogP contribution in [0.4, 0.5) is 0 Å². The normalized spacial score (nSPS) is 34.1. The molecule has 5 fully saturated rings. The summed E-state index contributed by atoms with van der Waals surface area (Å²) in [6.07, 6.45) is -42.0. The second-order valence-corrected chi connectivity index (χ2v) is 23.8. The first-order valence-corrected chi connectivity index (χ1v) is 31.6. The van der Waals surface area contributed by atoms with Crippen LogP contribution < -0.4 is 9.47 Å². The highest BCUT2D eigenvalue weighted by molar-refractivity contribution is 5.90. The Morgan fingerprint density at radius 1 is 0.461 bits per heavy atom. The molecule has 5 heterocycles. The number of hydrogen-bond donors (Lipinski definition) is 15. The van der Waals surface area contributed by atoms with Crippen LogP contribution in [0.3, 0.4) is 0 Å². The average molecular weight is 1440 g/mol. The third kappa shape index (κ3) is 19.0. The number of ether oxygens (including phenoxy) is 15. The number of rotatable bonds is 27. The molecule has 9 rings (SSSR count). The number of aromatic hydroxyl groups is 2. The van der Waals surface area contributed by atoms with Crippen molar-refractivity contribution < 1.29 is 172 Å². The molecule has 15 N–H and O–H groups in total. The minimum Gasteiger partial charge on any atom is -0.508 e. The SMILES string of the molecule is COc1cc(C=CC(=O)O[C@H]2[C@H](O[C@@H]3O[C@H](COC(C)=O)[C@@H](O)[C@H](O)[C@H]3O)[C@@H](O[C@@H]3O[C@H](CO)[C@@H](O)[C@H](O)[C@H]3O)[C@@H](O[C@]3(COC(=O)C=Cc4ccc(O)cc4)O[C@H](CO)[C@@H](O)[C@@H]3OC(=O)c3ccccc3)O[C@@H]2COC(=O)C=Cc2ccc(O)cc2)ccc1O[C@@H]1O[C@H](CO)[C@@H](O)[C@H](O)[C@H]1O. The van der Waals surface area contributed by atoms with Gasteiger partial charge in [0.05, 0.1) is 32.5 Å². The van der Waals surface area contributed by atoms with E-state index in [-0.39, 0.29) is 34.1 Å². The third-order valence-electron chi connectivity index (χ3n) is 16.7. The number of carbonyl (C=O) groups is 5. The minimum absolute atomic E-state index is 0.0956. The molecule has 556 valence electrons. The van der Waals surface area contributed by atoms with Gasteiger partial charge >= 0.3 is 29.8 Å². The Morgan fingerprint density at radius 2 is 0.941 bits per heavy atom. The van der Waals surface area contributed by atoms with Crippen molar-refractivity contribution in [2.45, 2.75) is 154 Å². The Balaban J connectivity index is 1.18. The smallest absolute Gasteiger partial charge is 0.338 e. The Hall–Kier alpha value is -8.19. The zero-order chi connectivity index (χ0) is 73.7. The molecule has 4 aromatic rings. The lowest BCUT2D eigenvalue weighted by Gasteiger charge is -2.50. The second kappa shape index (κ2) is 35.3. The zero-order valence-electron chi connectivity index (χ0n) is 54.1. The maximum atomic E-state index is 14.7. The van der Waals surface area contributed by atoms with Crippen molar-refractivity contribution in [3.8, 4) is 23.0 Å². The van der Waals surface area contributed by atoms with Gasteiger partial charge in [-0.2, -0.15) is 0 Å². The fourth-order valence-corrected chi connectivity index (χ4v) is 11.2. The quantitative estimate of drug-likeness (QED) is 0.0154. The average Bonchev–Trinajstić information content (AvgIpc) is 1.46. The Morgan fingerprint density at radius 3 is 1.50 bits per heavy atom. The van der Waals surface area contributed by atoms with E-state index >= 15 is 0 Å². The summed E-state index contributed by atoms with van der Waals surface area (Å²) >= 11 is 0. The van der Waals surface area contributed by atoms with E-state index in [9.17, 15) is 101 Å². The van der Waals surface area contributed by atoms with Crippen LogP contribution in [0.1, 0.15) is 34.0 Å². The monoisotopic (exact) mass is 1440 g/mol. The molecule has 102 heavy (non-hydrogen) atoms. The molecule has 0 spiro atoms. The third-order valence-corrected chi connectivity index (χ3v) is 16.7. The lowest BCUT2D eigenvalue weighted by atomic mass is 9.95. The molecule has 0 unspecified atom stereocenters. The van der Waals surface area contributed by atoms with E-state index in [0.717, 1.165) is 31.2 Å². The van der Waals surface area contributed by atoms with Crippen molar-refractivity contribution in [2.24, 2.45) is 0 Å². The lowest BCUT2D eigenvalue weighted by molar-refractivity contribution is -0.421. The van der Waals surface area contributed by atoms with Gasteiger partial charge in [0.1, 0.15) is 135 Å². The lowest BCUT2D eigenvalue weighted by Crippen LogP contribution is -2.69. The molecule has 5 aliphatic rings. The molecule has 0 amide bonds. The Bertz CT molecular complexity index is 3520. The van der Waals surface area contributed by atoms with E-state index < -0.39 is 216 Å². The van der Waals surface area contributed by atoms with Crippen LogP contribution in [0.5, 0.6) is 23.0 Å². The number of esters is 5. The number of aliphatic hydroxyl groups excluding tert-OH is 13. The number of phenols is 2. The molecule has 0 aliphatic carbocycles. The number of methoxy groups -OCH3 is 1. The van der Waals surface area contributed by atoms with Gasteiger partial charge in [0, 0.05) is 25.2 Å². The van der Waals surface area contributed by atoms with Crippen molar-refractivity contribution in [3.05, 3.63) is 138 Å². The van der Waals surface area contributed by atoms with Crippen molar-refractivity contribution in [3.63, 3.8) is 0 Å². The van der Waals surface area contributed by atoms with Crippen LogP contribution in [0.2, 0.25) is 0 Å². The summed E-state index contributed by atoms with van der Waals surface area (Å²) in [5.41, 5.74) is 0.671. The van der Waals surface area contributed by atoms with Gasteiger partial charge in [0.2, 0.25) is 12.1 Å². The van der Waals surface area contributed by atoms with E-state index in [1.54, 1.807) is 6.07 Å². The molecule has 0 bridgehead atoms. The molecule has 4 aromatic carbocycles. The van der Waals surface area contributed by atoms with Gasteiger partial charge in [-0.3, -0.25) is 4.79 Å². The standard InChI is InChI=1S/C67H78O35/c1-31(71)89-28-43-50(79)54(83)57(86)65(95-43)98-59-58(97-47(76)23-15-34-12-20-38(39(24-34)88-2)92-63-55(84)52(81)48(77)40(25-68)93-63)44(29-90-45(74)21-13-32-8-16-36(72)17-9-32)96-66(60(59)99-64-56(85)53(82)49(78)41(26-69)94-64)102-67(30-91-46(75)22-14-33-10-18-37(73)19-11-33)61(51(80)42(27-70)101-67)100-62(87)35-6-4-3-5-7-35/h3-24,40-44,48-61,63-66,68-70,72-73,77-86H,25-30H2,1-2H3/t40-,41-,42-,43-,44-,48-,49-,50-,51-,52+,53+,54+,55-,56-,57-,58-,59+,60-,61+,63-,64+,65+,66-,67+/m1/s1. The molecule has 0 radical (unpaired) electrons. The molecule has 0 aromatic heterocycles. The fraction of sp³-hybridized carbons (Fsp3) is 0.478. The number of benzene rings is 4. The molecule has 35 nitrogen and oxygen atoms in total. The summed E-state index contributed by atoms with van der Waals surface area (Å²) in [5.74, 6) is -9.39. The van der Waals surface area contributed by atoms with Crippen LogP contribution in [-0.2, 0) is 80.8 Å². The van der Waals surface area contributed by atoms with Gasteiger partial charge in [0.15, 0.2) is 42.6 Å². The van der Waals surface area contributed by atoms with Crippen LogP contribution in [0.25, 0.3) is 18.2 Å². The summed E-state index contributed by atoms with van der Waals surface area (Å²) in [6.45, 7) is -5.24. The van der Waals surface area contributed by atoms with Gasteiger partial charge in [-0.1, -0.05) is 48.5 Å². The van der Waals surface area contributed by atoms with E-state index in [0.29, 0.717) is 11.1 Å². The van der Waals surface area contributed by atoms with Gasteiger partial charge in [0.25, 0.3) is 0 Å². The summed E-state index contributed by atoms with van der Waals surface area (Å²) in [4.78, 5) is 68.8. The zero-order valence-corrected chi connectivity index (χ0v) is 54.1. The van der Waals surface area contributed by atoms with Crippen LogP contribution >= 0.6 is 0 Å². The second-order valence-electron chi connectivity index (χ2n) is 23.8. The van der Waals surface area contributed by atoms with E-state index in [2.05, 4.69) is 0 Å². The first kappa shape index (κ1) is 78.0. The van der Waals surface area contributed by atoms with Crippen LogP contribution in [-0.4, -0.2) is 300 Å². The highest BCUT2D eigenvalue weighted by Gasteiger charge is 2.64. The fourth-order valence-electron chi connectivity index (χ4n) is 11.2. The summed E-state index contributed by atoms with van der Waals surface area (Å²) < 4.78 is 89.5. The summed E-state index contributed by atoms with van der Waals surface area (Å²) in [7, 11) is 1.21. The van der Waals surface area contributed by atoms with Gasteiger partial charge < -0.3 is 148 Å². The molecule has 35 heteroatoms. The minimum atomic E-state index is -3.03. The molecule has 0 saturated carbocycles. The van der Waals surface area contributed by atoms with Crippen molar-refractivity contribution in [1.82, 2.24) is 0 Å². The van der Waals surface area contributed by atoms with Crippen LogP contribution in [0.15, 0.2) is 115 Å². The molecule has 5 aliphatic heterocycles. The molecular formula is C67H78O35. The van der Waals surface area contributed by atoms with E-state index in [1.165, 1.54) is 110 Å². The number of hydrogen-bond acceptors (Lipinski definition) is 35. The van der Waals surface area contributed by atoms with E-state index in [1.807, 2.05) is 0 Å². The van der Waals surface area contributed by atoms with Crippen molar-refractivity contribution in [1.29, 1.82) is 0 Å². The number of carbonyl (C=O) groups excluding carboxylic acids is 5. The van der Waals surface area contributed by atoms with Crippen molar-refractivity contribution >= 4 is 48.1 Å². The van der Waals surface area contributed by atoms with E-state index in [4.69, 9.17) is 71.1 Å². The Kier molecular flexibility index (Phi) is 27.0. The van der Waals surface area contributed by atoms with Crippen LogP contribution in [0, 0.1) is 0 Å². The maximum Gasteiger partial charge on any atom is 0.338 e. The predicted molar refractivity (Wildman–Crippen MR) is 335 cm³/mol. The Labute approximate surface area is 579 Å². The summed E-state index contributed by atoms with van der Waals surface area (Å²) in [6, 6.07) is 21.9. The van der Waals surface area contributed by atoms with Gasteiger partial charge in [-0.25, -0.2) is 19.2 Å². The number of aliphatic hydroxyl groups is 13. The maximum absolute atomic E-state index is 14.7. The number of phenolic OH excluding ortho intramolecular Hbond substituents is 2. The van der Waals surface area contributed by atoms with Crippen molar-refractivity contribution in [2.75, 3.05) is 46.8 Å². The molecular weight excluding hydrogens is 1360 g/mol. The van der Waals surface area contributed by atoms with Gasteiger partial charge in [-0.15, -0.1) is 0 Å². The first-order chi connectivity index (χ1) is 48.7. The first-order valence-electron chi connectivity index (χ1n) is 31.6. The highest BCUT2D eigenvalue weighted by Crippen LogP contribution is 2.43. The molecule has 5 saturated heterocycles.